The molecule has 4 aromatic carbocycles. The van der Waals surface area contributed by atoms with Crippen LogP contribution in [-0.2, 0) is 6.54 Å². The summed E-state index contributed by atoms with van der Waals surface area (Å²) in [5.41, 5.74) is 8.98. The van der Waals surface area contributed by atoms with E-state index in [0.717, 1.165) is 58.1 Å². The minimum absolute atomic E-state index is 0.000360. The maximum Gasteiger partial charge on any atom is 0.271 e. The lowest BCUT2D eigenvalue weighted by Gasteiger charge is -2.37. The van der Waals surface area contributed by atoms with E-state index in [1.54, 1.807) is 0 Å². The van der Waals surface area contributed by atoms with Crippen molar-refractivity contribution < 1.29 is 0 Å². The molecule has 0 fully saturated rings. The lowest BCUT2D eigenvalue weighted by molar-refractivity contribution is 0.291. The number of hydrogen-bond donors (Lipinski definition) is 0. The molecule has 5 aromatic rings. The first-order valence-corrected chi connectivity index (χ1v) is 15.7. The van der Waals surface area contributed by atoms with Crippen LogP contribution < -0.4 is 19.8 Å². The molecule has 1 unspecified atom stereocenters. The van der Waals surface area contributed by atoms with Gasteiger partial charge in [-0.2, -0.15) is 0 Å². The smallest absolute Gasteiger partial charge is 0.271 e. The van der Waals surface area contributed by atoms with Crippen LogP contribution in [0.4, 0.5) is 5.69 Å². The summed E-state index contributed by atoms with van der Waals surface area (Å²) >= 11 is 1.48. The zero-order valence-electron chi connectivity index (χ0n) is 24.9. The topological polar surface area (TPSA) is 40.8 Å². The average molecular weight is 595 g/mol. The van der Waals surface area contributed by atoms with Gasteiger partial charge in [-0.05, 0) is 57.7 Å². The van der Waals surface area contributed by atoms with Gasteiger partial charge in [0.05, 0.1) is 16.3 Å². The summed E-state index contributed by atoms with van der Waals surface area (Å²) in [7, 11) is 4.06. The summed E-state index contributed by atoms with van der Waals surface area (Å²) in [4.78, 5) is 24.8. The molecule has 0 bridgehead atoms. The predicted molar refractivity (Wildman–Crippen MR) is 181 cm³/mol. The maximum absolute atomic E-state index is 14.2. The van der Waals surface area contributed by atoms with E-state index in [1.165, 1.54) is 22.5 Å². The van der Waals surface area contributed by atoms with Crippen LogP contribution in [0, 0.1) is 0 Å². The van der Waals surface area contributed by atoms with Gasteiger partial charge in [0.2, 0.25) is 0 Å². The van der Waals surface area contributed by atoms with E-state index < -0.39 is 0 Å². The monoisotopic (exact) mass is 594 g/mol. The van der Waals surface area contributed by atoms with Crippen LogP contribution in [0.25, 0.3) is 12.2 Å². The number of fused-ring (bicyclic) bond motifs is 1. The summed E-state index contributed by atoms with van der Waals surface area (Å²) in [6, 6.07) is 39.5. The summed E-state index contributed by atoms with van der Waals surface area (Å²) in [5.74, 6) is 0. The van der Waals surface area contributed by atoms with Crippen molar-refractivity contribution in [1.29, 1.82) is 0 Å². The largest absolute Gasteiger partial charge is 0.378 e. The normalized spacial score (nSPS) is 17.7. The molecule has 2 aliphatic rings. The molecule has 0 N–H and O–H groups in total. The minimum Gasteiger partial charge on any atom is -0.378 e. The van der Waals surface area contributed by atoms with Gasteiger partial charge < -0.3 is 4.90 Å². The Bertz CT molecular complexity index is 2020. The Balaban J connectivity index is 1.40. The maximum atomic E-state index is 14.2. The molecule has 0 aliphatic carbocycles. The quantitative estimate of drug-likeness (QED) is 0.247. The van der Waals surface area contributed by atoms with Gasteiger partial charge in [0.1, 0.15) is 0 Å². The first-order chi connectivity index (χ1) is 21.5. The van der Waals surface area contributed by atoms with E-state index in [4.69, 9.17) is 4.99 Å². The van der Waals surface area contributed by atoms with Crippen molar-refractivity contribution in [3.05, 3.63) is 174 Å². The zero-order valence-corrected chi connectivity index (χ0v) is 25.7. The summed E-state index contributed by atoms with van der Waals surface area (Å²) in [5, 5.41) is 0. The van der Waals surface area contributed by atoms with Gasteiger partial charge in [-0.25, -0.2) is 4.99 Å². The van der Waals surface area contributed by atoms with Crippen molar-refractivity contribution in [3.63, 3.8) is 0 Å². The lowest BCUT2D eigenvalue weighted by atomic mass is 9.89. The van der Waals surface area contributed by atoms with E-state index >= 15 is 0 Å². The summed E-state index contributed by atoms with van der Waals surface area (Å²) in [6.45, 7) is 2.32. The van der Waals surface area contributed by atoms with Gasteiger partial charge in [0.25, 0.3) is 5.56 Å². The Morgan fingerprint density at radius 3 is 2.11 bits per heavy atom. The van der Waals surface area contributed by atoms with Gasteiger partial charge in [-0.1, -0.05) is 114 Å². The van der Waals surface area contributed by atoms with Crippen molar-refractivity contribution in [3.8, 4) is 0 Å². The van der Waals surface area contributed by atoms with Crippen LogP contribution in [0.5, 0.6) is 0 Å². The number of benzene rings is 4. The minimum atomic E-state index is -0.238. The molecule has 0 radical (unpaired) electrons. The Morgan fingerprint density at radius 2 is 1.43 bits per heavy atom. The van der Waals surface area contributed by atoms with Crippen molar-refractivity contribution in [1.82, 2.24) is 9.47 Å². The molecule has 7 rings (SSSR count). The molecular formula is C38H34N4OS. The van der Waals surface area contributed by atoms with Gasteiger partial charge in [-0.15, -0.1) is 0 Å². The standard InChI is InChI=1S/C38H34N4OS/c1-40(2)32-20-18-28(19-21-32)23-34-37(43)42-36(30-16-10-5-11-17-30)33-26-41(24-29-14-8-4-9-15-29)25-31(35(33)39-38(42)44-34)22-27-12-6-3-7-13-27/h3-23,36H,24-26H2,1-2H3/b31-22+,34-23+. The van der Waals surface area contributed by atoms with Gasteiger partial charge in [0, 0.05) is 39.4 Å². The Kier molecular flexibility index (Phi) is 7.69. The van der Waals surface area contributed by atoms with Crippen LogP contribution in [-0.4, -0.2) is 36.7 Å². The van der Waals surface area contributed by atoms with E-state index in [9.17, 15) is 4.79 Å². The molecule has 1 atom stereocenters. The second kappa shape index (κ2) is 12.1. The fourth-order valence-corrected chi connectivity index (χ4v) is 7.12. The fraction of sp³-hybridized carbons (Fsp3) is 0.158. The highest BCUT2D eigenvalue weighted by molar-refractivity contribution is 7.07. The molecule has 218 valence electrons. The summed E-state index contributed by atoms with van der Waals surface area (Å²) in [6.07, 6.45) is 4.26. The first kappa shape index (κ1) is 28.0. The third-order valence-corrected chi connectivity index (χ3v) is 9.22. The SMILES string of the molecule is CN(C)c1ccc(/C=c2/sc3n(c2=O)C(c2ccccc2)C2=C(N=3)/C(=C/c3ccccc3)CN(Cc3ccccc3)C2)cc1. The second-order valence-electron chi connectivity index (χ2n) is 11.6. The average Bonchev–Trinajstić information content (AvgIpc) is 3.36. The highest BCUT2D eigenvalue weighted by Gasteiger charge is 2.34. The molecule has 6 heteroatoms. The predicted octanol–water partition coefficient (Wildman–Crippen LogP) is 5.88. The third-order valence-electron chi connectivity index (χ3n) is 8.24. The van der Waals surface area contributed by atoms with E-state index in [-0.39, 0.29) is 11.6 Å². The molecule has 0 spiro atoms. The van der Waals surface area contributed by atoms with Crippen molar-refractivity contribution in [2.45, 2.75) is 12.6 Å². The van der Waals surface area contributed by atoms with Crippen molar-refractivity contribution >= 4 is 29.2 Å². The van der Waals surface area contributed by atoms with Crippen molar-refractivity contribution in [2.75, 3.05) is 32.1 Å². The molecule has 2 aliphatic heterocycles. The Morgan fingerprint density at radius 1 is 0.795 bits per heavy atom. The zero-order chi connectivity index (χ0) is 30.0. The fourth-order valence-electron chi connectivity index (χ4n) is 6.12. The second-order valence-corrected chi connectivity index (χ2v) is 12.6. The first-order valence-electron chi connectivity index (χ1n) is 14.9. The molecule has 0 saturated heterocycles. The number of thiazole rings is 1. The number of rotatable bonds is 6. The Hall–Kier alpha value is -4.78. The third kappa shape index (κ3) is 5.62. The van der Waals surface area contributed by atoms with Crippen molar-refractivity contribution in [2.24, 2.45) is 4.99 Å². The van der Waals surface area contributed by atoms with E-state index in [1.807, 2.05) is 36.9 Å². The van der Waals surface area contributed by atoms with Gasteiger partial charge in [-0.3, -0.25) is 14.3 Å². The molecule has 0 amide bonds. The van der Waals surface area contributed by atoms with Gasteiger partial charge >= 0.3 is 0 Å². The molecule has 3 heterocycles. The van der Waals surface area contributed by atoms with Gasteiger partial charge in [0.15, 0.2) is 4.80 Å². The highest BCUT2D eigenvalue weighted by Crippen LogP contribution is 2.37. The van der Waals surface area contributed by atoms with Crippen LogP contribution in [0.15, 0.2) is 142 Å². The van der Waals surface area contributed by atoms with E-state index in [2.05, 4.69) is 119 Å². The number of nitrogens with zero attached hydrogens (tertiary/aromatic N) is 4. The van der Waals surface area contributed by atoms with Crippen LogP contribution in [0.1, 0.15) is 28.3 Å². The van der Waals surface area contributed by atoms with E-state index in [0.29, 0.717) is 4.53 Å². The number of aromatic nitrogens is 1. The van der Waals surface area contributed by atoms with Crippen LogP contribution in [0.2, 0.25) is 0 Å². The number of anilines is 1. The van der Waals surface area contributed by atoms with Crippen LogP contribution in [0.3, 0.4) is 0 Å². The molecule has 5 nitrogen and oxygen atoms in total. The number of hydrogen-bond acceptors (Lipinski definition) is 5. The van der Waals surface area contributed by atoms with Crippen LogP contribution >= 0.6 is 11.3 Å². The Labute approximate surface area is 261 Å². The molecular weight excluding hydrogens is 561 g/mol. The highest BCUT2D eigenvalue weighted by atomic mass is 32.1. The molecule has 0 saturated carbocycles. The molecule has 44 heavy (non-hydrogen) atoms. The summed E-state index contributed by atoms with van der Waals surface area (Å²) < 4.78 is 2.61. The molecule has 1 aromatic heterocycles. The lowest BCUT2D eigenvalue weighted by Crippen LogP contribution is -2.43.